The standard InChI is InChI=1S/C9H15N3O4/c1-15-5-16-12-6-2-3-7(8(10)13)11(4-6)9(12)14/h6-7H,2-5H2,1H3,(H2,10,13)/t6-,7+/m1/s1. The van der Waals surface area contributed by atoms with Crippen molar-refractivity contribution in [2.45, 2.75) is 24.9 Å². The van der Waals surface area contributed by atoms with Crippen molar-refractivity contribution in [1.29, 1.82) is 0 Å². The first-order chi connectivity index (χ1) is 7.65. The zero-order valence-corrected chi connectivity index (χ0v) is 9.09. The first-order valence-corrected chi connectivity index (χ1v) is 5.16. The van der Waals surface area contributed by atoms with Crippen LogP contribution in [0.4, 0.5) is 4.79 Å². The minimum absolute atomic E-state index is 0.00162. The van der Waals surface area contributed by atoms with Crippen LogP contribution in [-0.2, 0) is 14.4 Å². The topological polar surface area (TPSA) is 85.1 Å². The molecule has 2 aliphatic rings. The predicted molar refractivity (Wildman–Crippen MR) is 52.9 cm³/mol. The maximum absolute atomic E-state index is 11.9. The maximum atomic E-state index is 11.9. The van der Waals surface area contributed by atoms with E-state index >= 15 is 0 Å². The molecular formula is C9H15N3O4. The van der Waals surface area contributed by atoms with Gasteiger partial charge < -0.3 is 15.4 Å². The molecule has 2 saturated heterocycles. The molecule has 2 aliphatic heterocycles. The highest BCUT2D eigenvalue weighted by Crippen LogP contribution is 2.29. The molecule has 0 unspecified atom stereocenters. The second kappa shape index (κ2) is 4.26. The molecule has 2 bridgehead atoms. The number of hydroxylamine groups is 2. The van der Waals surface area contributed by atoms with Crippen LogP contribution >= 0.6 is 0 Å². The Hall–Kier alpha value is -1.34. The van der Waals surface area contributed by atoms with Crippen molar-refractivity contribution in [3.05, 3.63) is 0 Å². The van der Waals surface area contributed by atoms with Crippen molar-refractivity contribution in [3.8, 4) is 0 Å². The number of hydrogen-bond acceptors (Lipinski definition) is 4. The van der Waals surface area contributed by atoms with Gasteiger partial charge in [-0.25, -0.2) is 9.63 Å². The van der Waals surface area contributed by atoms with E-state index in [1.165, 1.54) is 17.1 Å². The SMILES string of the molecule is COCON1C(=O)N2C[C@H]1CC[C@H]2C(N)=O. The van der Waals surface area contributed by atoms with E-state index in [2.05, 4.69) is 0 Å². The Kier molecular flexibility index (Phi) is 2.97. The molecule has 0 aromatic rings. The van der Waals surface area contributed by atoms with Gasteiger partial charge in [-0.3, -0.25) is 4.79 Å². The molecule has 2 N–H and O–H groups in total. The number of fused-ring (bicyclic) bond motifs is 2. The molecule has 3 amide bonds. The van der Waals surface area contributed by atoms with Gasteiger partial charge in [-0.2, -0.15) is 5.06 Å². The molecule has 0 aliphatic carbocycles. The van der Waals surface area contributed by atoms with Gasteiger partial charge in [0, 0.05) is 13.7 Å². The van der Waals surface area contributed by atoms with E-state index in [0.717, 1.165) is 6.42 Å². The van der Waals surface area contributed by atoms with Crippen LogP contribution in [-0.4, -0.2) is 54.4 Å². The van der Waals surface area contributed by atoms with E-state index in [1.807, 2.05) is 0 Å². The van der Waals surface area contributed by atoms with Gasteiger partial charge in [-0.15, -0.1) is 0 Å². The Morgan fingerprint density at radius 3 is 2.94 bits per heavy atom. The summed E-state index contributed by atoms with van der Waals surface area (Å²) in [6.45, 7) is 0.521. The average Bonchev–Trinajstić information content (AvgIpc) is 2.50. The van der Waals surface area contributed by atoms with Gasteiger partial charge in [0.1, 0.15) is 6.04 Å². The number of rotatable bonds is 4. The summed E-state index contributed by atoms with van der Waals surface area (Å²) in [6.07, 6.45) is 1.32. The summed E-state index contributed by atoms with van der Waals surface area (Å²) in [5.74, 6) is -0.458. The fourth-order valence-corrected chi connectivity index (χ4v) is 2.20. The van der Waals surface area contributed by atoms with Crippen molar-refractivity contribution >= 4 is 11.9 Å². The van der Waals surface area contributed by atoms with E-state index in [4.69, 9.17) is 15.3 Å². The lowest BCUT2D eigenvalue weighted by molar-refractivity contribution is -0.194. The van der Waals surface area contributed by atoms with Crippen molar-refractivity contribution in [3.63, 3.8) is 0 Å². The Labute approximate surface area is 93.0 Å². The molecule has 0 radical (unpaired) electrons. The maximum Gasteiger partial charge on any atom is 0.345 e. The van der Waals surface area contributed by atoms with Crippen LogP contribution in [0.5, 0.6) is 0 Å². The Bertz CT molecular complexity index is 309. The third-order valence-corrected chi connectivity index (χ3v) is 2.96. The predicted octanol–water partition coefficient (Wildman–Crippen LogP) is -0.724. The second-order valence-corrected chi connectivity index (χ2v) is 3.95. The molecule has 7 heteroatoms. The normalized spacial score (nSPS) is 28.7. The number of amides is 3. The van der Waals surface area contributed by atoms with Crippen LogP contribution < -0.4 is 5.73 Å². The van der Waals surface area contributed by atoms with E-state index in [-0.39, 0.29) is 18.9 Å². The first-order valence-electron chi connectivity index (χ1n) is 5.16. The number of carbonyl (C=O) groups excluding carboxylic acids is 2. The van der Waals surface area contributed by atoms with E-state index < -0.39 is 11.9 Å². The van der Waals surface area contributed by atoms with Crippen LogP contribution in [0.15, 0.2) is 0 Å². The molecule has 0 aromatic carbocycles. The fraction of sp³-hybridized carbons (Fsp3) is 0.778. The average molecular weight is 229 g/mol. The Morgan fingerprint density at radius 1 is 1.56 bits per heavy atom. The lowest BCUT2D eigenvalue weighted by Crippen LogP contribution is -2.47. The third kappa shape index (κ3) is 1.72. The van der Waals surface area contributed by atoms with Gasteiger partial charge in [0.25, 0.3) is 0 Å². The second-order valence-electron chi connectivity index (χ2n) is 3.95. The number of nitrogens with two attached hydrogens (primary N) is 1. The quantitative estimate of drug-likeness (QED) is 0.644. The number of carbonyl (C=O) groups is 2. The molecule has 2 fully saturated rings. The smallest absolute Gasteiger partial charge is 0.345 e. The van der Waals surface area contributed by atoms with Crippen LogP contribution in [0, 0.1) is 0 Å². The fourth-order valence-electron chi connectivity index (χ4n) is 2.20. The number of urea groups is 1. The van der Waals surface area contributed by atoms with Crippen LogP contribution in [0.25, 0.3) is 0 Å². The summed E-state index contributed by atoms with van der Waals surface area (Å²) in [5, 5.41) is 1.28. The minimum Gasteiger partial charge on any atom is -0.368 e. The number of methoxy groups -OCH3 is 1. The zero-order valence-electron chi connectivity index (χ0n) is 9.09. The van der Waals surface area contributed by atoms with Gasteiger partial charge in [-0.05, 0) is 12.8 Å². The number of hydrogen-bond donors (Lipinski definition) is 1. The third-order valence-electron chi connectivity index (χ3n) is 2.96. The van der Waals surface area contributed by atoms with E-state index in [1.54, 1.807) is 0 Å². The number of primary amides is 1. The number of ether oxygens (including phenoxy) is 1. The van der Waals surface area contributed by atoms with Gasteiger partial charge in [-0.1, -0.05) is 0 Å². The van der Waals surface area contributed by atoms with Crippen LogP contribution in [0.3, 0.4) is 0 Å². The summed E-state index contributed by atoms with van der Waals surface area (Å²) in [6, 6.07) is -0.804. The lowest BCUT2D eigenvalue weighted by atomic mass is 10.0. The van der Waals surface area contributed by atoms with Crippen molar-refractivity contribution in [2.24, 2.45) is 5.73 Å². The molecule has 16 heavy (non-hydrogen) atoms. The lowest BCUT2D eigenvalue weighted by Gasteiger charge is -2.27. The Morgan fingerprint density at radius 2 is 2.31 bits per heavy atom. The van der Waals surface area contributed by atoms with Crippen molar-refractivity contribution in [1.82, 2.24) is 9.96 Å². The summed E-state index contributed by atoms with van der Waals surface area (Å²) < 4.78 is 4.75. The molecule has 2 heterocycles. The monoisotopic (exact) mass is 229 g/mol. The molecule has 90 valence electrons. The van der Waals surface area contributed by atoms with Crippen LogP contribution in [0.2, 0.25) is 0 Å². The molecule has 2 rings (SSSR count). The van der Waals surface area contributed by atoms with E-state index in [9.17, 15) is 9.59 Å². The van der Waals surface area contributed by atoms with Gasteiger partial charge in [0.15, 0.2) is 6.79 Å². The molecule has 2 atom stereocenters. The van der Waals surface area contributed by atoms with Crippen molar-refractivity contribution < 1.29 is 19.2 Å². The highest BCUT2D eigenvalue weighted by Gasteiger charge is 2.47. The zero-order chi connectivity index (χ0) is 11.7. The molecule has 7 nitrogen and oxygen atoms in total. The molecule has 0 spiro atoms. The summed E-state index contributed by atoms with van der Waals surface area (Å²) in [7, 11) is 1.49. The largest absolute Gasteiger partial charge is 0.368 e. The van der Waals surface area contributed by atoms with Gasteiger partial charge >= 0.3 is 6.03 Å². The number of nitrogens with zero attached hydrogens (tertiary/aromatic N) is 2. The molecule has 0 aromatic heterocycles. The van der Waals surface area contributed by atoms with Crippen molar-refractivity contribution in [2.75, 3.05) is 20.4 Å². The Balaban J connectivity index is 2.07. The first kappa shape index (κ1) is 11.2. The molecular weight excluding hydrogens is 214 g/mol. The summed E-state index contributed by atoms with van der Waals surface area (Å²) in [5.41, 5.74) is 5.24. The van der Waals surface area contributed by atoms with Gasteiger partial charge in [0.2, 0.25) is 5.91 Å². The minimum atomic E-state index is -0.500. The highest BCUT2D eigenvalue weighted by atomic mass is 16.8. The van der Waals surface area contributed by atoms with Gasteiger partial charge in [0.05, 0.1) is 6.04 Å². The summed E-state index contributed by atoms with van der Waals surface area (Å²) >= 11 is 0. The van der Waals surface area contributed by atoms with Crippen LogP contribution in [0.1, 0.15) is 12.8 Å². The summed E-state index contributed by atoms with van der Waals surface area (Å²) in [4.78, 5) is 29.7. The number of piperidine rings is 1. The molecule has 0 saturated carbocycles. The highest BCUT2D eigenvalue weighted by molar-refractivity contribution is 5.87. The van der Waals surface area contributed by atoms with E-state index in [0.29, 0.717) is 13.0 Å².